The van der Waals surface area contributed by atoms with Crippen LogP contribution in [0.1, 0.15) is 45.1 Å². The predicted molar refractivity (Wildman–Crippen MR) is 136 cm³/mol. The van der Waals surface area contributed by atoms with Gasteiger partial charge in [0.2, 0.25) is 5.78 Å². The Balaban J connectivity index is 1.52. The summed E-state index contributed by atoms with van der Waals surface area (Å²) in [7, 11) is 0. The van der Waals surface area contributed by atoms with E-state index < -0.39 is 41.5 Å². The molecule has 10 heteroatoms. The second-order valence-corrected chi connectivity index (χ2v) is 8.95. The number of allylic oxidation sites excluding steroid dienone is 1. The number of ether oxygens (including phenoxy) is 2. The van der Waals surface area contributed by atoms with Crippen LogP contribution in [0.25, 0.3) is 6.08 Å². The molecule has 4 aromatic rings. The van der Waals surface area contributed by atoms with Crippen molar-refractivity contribution in [2.75, 3.05) is 0 Å². The molecule has 3 aromatic carbocycles. The van der Waals surface area contributed by atoms with Crippen LogP contribution in [0.3, 0.4) is 0 Å². The van der Waals surface area contributed by atoms with Gasteiger partial charge in [0.25, 0.3) is 0 Å². The van der Waals surface area contributed by atoms with E-state index in [1.807, 2.05) is 6.07 Å². The lowest BCUT2D eigenvalue weighted by atomic mass is 9.86. The van der Waals surface area contributed by atoms with Crippen molar-refractivity contribution in [2.45, 2.75) is 18.9 Å². The second kappa shape index (κ2) is 10.9. The van der Waals surface area contributed by atoms with Crippen molar-refractivity contribution < 1.29 is 42.4 Å². The fraction of sp³-hybridized carbons (Fsp3) is 0.100. The van der Waals surface area contributed by atoms with E-state index in [-0.39, 0.29) is 40.6 Å². The number of halogens is 3. The van der Waals surface area contributed by atoms with Crippen LogP contribution in [0.15, 0.2) is 78.7 Å². The second-order valence-electron chi connectivity index (χ2n) is 8.95. The smallest absolute Gasteiger partial charge is 0.304 e. The summed E-state index contributed by atoms with van der Waals surface area (Å²) < 4.78 is 52.4. The SMILES string of the molecule is O=C(O)C[C@H](c1cccc(OCc2ccccn2)c1)c1c(O)ccc2c1O/C(=C\c1cc(F)c(F)c(F)c1)C2=O. The van der Waals surface area contributed by atoms with Crippen LogP contribution >= 0.6 is 0 Å². The molecule has 0 bridgehead atoms. The Morgan fingerprint density at radius 1 is 1.02 bits per heavy atom. The van der Waals surface area contributed by atoms with Gasteiger partial charge in [-0.3, -0.25) is 14.6 Å². The fourth-order valence-electron chi connectivity index (χ4n) is 4.43. The number of ketones is 1. The van der Waals surface area contributed by atoms with Gasteiger partial charge in [0.05, 0.1) is 17.7 Å². The molecule has 202 valence electrons. The first kappa shape index (κ1) is 26.5. The number of carboxylic acids is 1. The third-order valence-electron chi connectivity index (χ3n) is 6.26. The molecular weight excluding hydrogens is 527 g/mol. The summed E-state index contributed by atoms with van der Waals surface area (Å²) >= 11 is 0. The molecule has 0 amide bonds. The number of hydrogen-bond donors (Lipinski definition) is 2. The molecule has 1 aromatic heterocycles. The minimum absolute atomic E-state index is 0.0139. The third kappa shape index (κ3) is 5.37. The molecule has 0 aliphatic carbocycles. The van der Waals surface area contributed by atoms with Crippen LogP contribution in [0.4, 0.5) is 13.2 Å². The zero-order valence-electron chi connectivity index (χ0n) is 20.6. The Kier molecular flexibility index (Phi) is 7.24. The summed E-state index contributed by atoms with van der Waals surface area (Å²) in [6, 6.07) is 15.9. The van der Waals surface area contributed by atoms with Crippen molar-refractivity contribution in [3.63, 3.8) is 0 Å². The first-order valence-electron chi connectivity index (χ1n) is 12.0. The molecule has 1 aliphatic rings. The van der Waals surface area contributed by atoms with Gasteiger partial charge in [-0.05, 0) is 65.7 Å². The Labute approximate surface area is 225 Å². The van der Waals surface area contributed by atoms with E-state index in [4.69, 9.17) is 9.47 Å². The molecule has 0 unspecified atom stereocenters. The lowest BCUT2D eigenvalue weighted by molar-refractivity contribution is -0.137. The average molecular weight is 547 g/mol. The highest BCUT2D eigenvalue weighted by Crippen LogP contribution is 2.46. The predicted octanol–water partition coefficient (Wildman–Crippen LogP) is 6.01. The fourth-order valence-corrected chi connectivity index (χ4v) is 4.43. The number of aromatic hydroxyl groups is 1. The van der Waals surface area contributed by atoms with Crippen molar-refractivity contribution >= 4 is 17.8 Å². The Bertz CT molecular complexity index is 1630. The van der Waals surface area contributed by atoms with Gasteiger partial charge in [-0.25, -0.2) is 13.2 Å². The molecule has 5 rings (SSSR count). The highest BCUT2D eigenvalue weighted by molar-refractivity contribution is 6.15. The normalized spacial score (nSPS) is 14.1. The van der Waals surface area contributed by atoms with E-state index in [1.165, 1.54) is 12.1 Å². The van der Waals surface area contributed by atoms with E-state index >= 15 is 0 Å². The average Bonchev–Trinajstić information content (AvgIpc) is 3.24. The van der Waals surface area contributed by atoms with E-state index in [9.17, 15) is 33.0 Å². The van der Waals surface area contributed by atoms with E-state index in [0.29, 0.717) is 29.1 Å². The minimum Gasteiger partial charge on any atom is -0.508 e. The summed E-state index contributed by atoms with van der Waals surface area (Å²) in [6.45, 7) is 0.163. The van der Waals surface area contributed by atoms with Gasteiger partial charge in [-0.15, -0.1) is 0 Å². The summed E-state index contributed by atoms with van der Waals surface area (Å²) in [6.07, 6.45) is 2.19. The number of nitrogens with zero attached hydrogens (tertiary/aromatic N) is 1. The maximum absolute atomic E-state index is 13.7. The number of phenols is 1. The molecule has 0 radical (unpaired) electrons. The number of carbonyl (C=O) groups is 2. The van der Waals surface area contributed by atoms with Crippen molar-refractivity contribution in [3.8, 4) is 17.2 Å². The van der Waals surface area contributed by atoms with Gasteiger partial charge in [0.1, 0.15) is 23.9 Å². The standard InChI is InChI=1S/C30H20F3NO6/c31-22-10-16(11-23(32)28(22)33)12-25-29(38)20-7-8-24(35)27(30(20)40-25)21(14-26(36)37)17-4-3-6-19(13-17)39-15-18-5-1-2-9-34-18/h1-13,21,35H,14-15H2,(H,36,37)/b25-12-/t21-/m1/s1. The quantitative estimate of drug-likeness (QED) is 0.206. The van der Waals surface area contributed by atoms with Gasteiger partial charge in [-0.1, -0.05) is 18.2 Å². The van der Waals surface area contributed by atoms with Crippen LogP contribution in [0, 0.1) is 17.5 Å². The number of Topliss-reactive ketones (excluding diaryl/α,β-unsaturated/α-hetero) is 1. The number of carboxylic acid groups (broad SMARTS) is 1. The van der Waals surface area contributed by atoms with Gasteiger partial charge in [0, 0.05) is 17.7 Å². The summed E-state index contributed by atoms with van der Waals surface area (Å²) in [5.74, 6) is -7.69. The molecule has 2 N–H and O–H groups in total. The van der Waals surface area contributed by atoms with Gasteiger partial charge in [0.15, 0.2) is 23.2 Å². The number of aliphatic carboxylic acids is 1. The molecule has 0 saturated heterocycles. The summed E-state index contributed by atoms with van der Waals surface area (Å²) in [5.41, 5.74) is 1.02. The topological polar surface area (TPSA) is 106 Å². The first-order chi connectivity index (χ1) is 19.2. The van der Waals surface area contributed by atoms with E-state index in [1.54, 1.807) is 42.6 Å². The van der Waals surface area contributed by atoms with Gasteiger partial charge in [-0.2, -0.15) is 0 Å². The van der Waals surface area contributed by atoms with Crippen LogP contribution in [-0.2, 0) is 11.4 Å². The number of phenolic OH excluding ortho intramolecular Hbond substituents is 1. The highest BCUT2D eigenvalue weighted by Gasteiger charge is 2.35. The lowest BCUT2D eigenvalue weighted by Crippen LogP contribution is -2.10. The van der Waals surface area contributed by atoms with Gasteiger partial charge < -0.3 is 19.7 Å². The van der Waals surface area contributed by atoms with Crippen LogP contribution in [0.2, 0.25) is 0 Å². The zero-order valence-corrected chi connectivity index (χ0v) is 20.6. The lowest BCUT2D eigenvalue weighted by Gasteiger charge is -2.20. The van der Waals surface area contributed by atoms with Crippen molar-refractivity contribution in [1.29, 1.82) is 0 Å². The number of benzene rings is 3. The molecule has 40 heavy (non-hydrogen) atoms. The molecule has 0 fully saturated rings. The Morgan fingerprint density at radius 3 is 2.50 bits per heavy atom. The molecule has 2 heterocycles. The number of fused-ring (bicyclic) bond motifs is 1. The Morgan fingerprint density at radius 2 is 1.80 bits per heavy atom. The van der Waals surface area contributed by atoms with Gasteiger partial charge >= 0.3 is 5.97 Å². The molecule has 1 atom stereocenters. The molecule has 7 nitrogen and oxygen atoms in total. The van der Waals surface area contributed by atoms with E-state index in [0.717, 1.165) is 6.08 Å². The van der Waals surface area contributed by atoms with Crippen LogP contribution in [-0.4, -0.2) is 26.9 Å². The minimum atomic E-state index is -1.65. The molecule has 1 aliphatic heterocycles. The molecular formula is C30H20F3NO6. The summed E-state index contributed by atoms with van der Waals surface area (Å²) in [5, 5.41) is 20.5. The van der Waals surface area contributed by atoms with Crippen molar-refractivity contribution in [1.82, 2.24) is 4.98 Å². The van der Waals surface area contributed by atoms with Crippen LogP contribution < -0.4 is 9.47 Å². The maximum atomic E-state index is 13.7. The third-order valence-corrected chi connectivity index (χ3v) is 6.26. The first-order valence-corrected chi connectivity index (χ1v) is 12.0. The number of pyridine rings is 1. The molecule has 0 saturated carbocycles. The highest BCUT2D eigenvalue weighted by atomic mass is 19.2. The molecule has 0 spiro atoms. The number of hydrogen-bond acceptors (Lipinski definition) is 6. The number of carbonyl (C=O) groups excluding carboxylic acids is 1. The summed E-state index contributed by atoms with van der Waals surface area (Å²) in [4.78, 5) is 29.2. The largest absolute Gasteiger partial charge is 0.508 e. The maximum Gasteiger partial charge on any atom is 0.304 e. The van der Waals surface area contributed by atoms with E-state index in [2.05, 4.69) is 4.98 Å². The monoisotopic (exact) mass is 547 g/mol. The zero-order chi connectivity index (χ0) is 28.4. The van der Waals surface area contributed by atoms with Crippen molar-refractivity contribution in [2.24, 2.45) is 0 Å². The Hall–Kier alpha value is -5.12. The number of rotatable bonds is 8. The number of aromatic nitrogens is 1. The van der Waals surface area contributed by atoms with Crippen molar-refractivity contribution in [3.05, 3.63) is 124 Å². The van der Waals surface area contributed by atoms with Crippen LogP contribution in [0.5, 0.6) is 17.2 Å².